The summed E-state index contributed by atoms with van der Waals surface area (Å²) in [7, 11) is 0. The molecule has 0 spiro atoms. The first-order valence-corrected chi connectivity index (χ1v) is 18.9. The van der Waals surface area contributed by atoms with Gasteiger partial charge < -0.3 is 75.5 Å². The van der Waals surface area contributed by atoms with Crippen molar-refractivity contribution >= 4 is 59.2 Å². The van der Waals surface area contributed by atoms with Crippen LogP contribution in [0.15, 0.2) is 4.99 Å². The first-order valence-electron chi connectivity index (χ1n) is 18.9. The number of hydrogen-bond donors (Lipinski definition) is 13. The quantitative estimate of drug-likeness (QED) is 0.0209. The summed E-state index contributed by atoms with van der Waals surface area (Å²) in [6.45, 7) is 2.61. The number of aliphatic hydroxyl groups excluding tert-OH is 1. The number of nitrogens with one attached hydrogen (secondary N) is 5. The van der Waals surface area contributed by atoms with Crippen LogP contribution in [0, 0.1) is 5.92 Å². The number of aliphatic carboxylic acids is 2. The van der Waals surface area contributed by atoms with Crippen LogP contribution in [0.25, 0.3) is 0 Å². The van der Waals surface area contributed by atoms with Gasteiger partial charge in [0.05, 0.1) is 19.1 Å². The predicted octanol–water partition coefficient (Wildman–Crippen LogP) is -5.62. The van der Waals surface area contributed by atoms with Crippen LogP contribution in [-0.2, 0) is 43.2 Å². The SMILES string of the molecule is CC(C)[C@H](NC(=O)[C@@H](N)CCC(=O)O)C(=O)N[C@@H](CC(N)=O)C(=O)N[C@@H](CCCCN)C(=O)N[C@@H](CCCN=C(N)N)C(=O)N1CCC[C@H]1C(=O)N[C@@H](CO)C(=O)O. The number of hydrogen-bond acceptors (Lipinski definition) is 13. The van der Waals surface area contributed by atoms with E-state index in [1.165, 1.54) is 4.90 Å². The van der Waals surface area contributed by atoms with Crippen molar-refractivity contribution in [2.75, 3.05) is 26.2 Å². The summed E-state index contributed by atoms with van der Waals surface area (Å²) >= 11 is 0. The van der Waals surface area contributed by atoms with Crippen molar-refractivity contribution in [1.29, 1.82) is 0 Å². The molecule has 0 saturated carbocycles. The zero-order chi connectivity index (χ0) is 44.1. The fraction of sp³-hybridized carbons (Fsp3) is 0.706. The van der Waals surface area contributed by atoms with Gasteiger partial charge in [-0.15, -0.1) is 0 Å². The van der Waals surface area contributed by atoms with Crippen molar-refractivity contribution in [1.82, 2.24) is 31.5 Å². The summed E-state index contributed by atoms with van der Waals surface area (Å²) in [6.07, 6.45) is -0.0134. The molecule has 1 saturated heterocycles. The second-order valence-corrected chi connectivity index (χ2v) is 14.1. The molecule has 58 heavy (non-hydrogen) atoms. The van der Waals surface area contributed by atoms with Crippen LogP contribution in [0.5, 0.6) is 0 Å². The lowest BCUT2D eigenvalue weighted by Gasteiger charge is -2.30. The summed E-state index contributed by atoms with van der Waals surface area (Å²) in [5, 5.41) is 39.7. The number of carbonyl (C=O) groups is 9. The number of primary amides is 1. The van der Waals surface area contributed by atoms with Gasteiger partial charge in [-0.3, -0.25) is 43.3 Å². The van der Waals surface area contributed by atoms with E-state index in [1.807, 2.05) is 0 Å². The molecular formula is C34H60N12O12. The molecule has 0 bridgehead atoms. The molecule has 18 N–H and O–H groups in total. The van der Waals surface area contributed by atoms with Crippen molar-refractivity contribution in [3.63, 3.8) is 0 Å². The third kappa shape index (κ3) is 17.7. The Hall–Kier alpha value is -5.62. The normalized spacial score (nSPS) is 16.7. The molecule has 1 aliphatic heterocycles. The Labute approximate surface area is 335 Å². The van der Waals surface area contributed by atoms with Crippen molar-refractivity contribution in [3.8, 4) is 0 Å². The first-order chi connectivity index (χ1) is 27.2. The van der Waals surface area contributed by atoms with Crippen LogP contribution in [0.2, 0.25) is 0 Å². The largest absolute Gasteiger partial charge is 0.481 e. The van der Waals surface area contributed by atoms with Crippen LogP contribution in [0.3, 0.4) is 0 Å². The van der Waals surface area contributed by atoms with Crippen LogP contribution >= 0.6 is 0 Å². The highest BCUT2D eigenvalue weighted by Crippen LogP contribution is 2.20. The van der Waals surface area contributed by atoms with E-state index < -0.39 is 121 Å². The second kappa shape index (κ2) is 25.6. The minimum Gasteiger partial charge on any atom is -0.481 e. The summed E-state index contributed by atoms with van der Waals surface area (Å²) < 4.78 is 0. The lowest BCUT2D eigenvalue weighted by atomic mass is 10.0. The van der Waals surface area contributed by atoms with E-state index >= 15 is 0 Å². The van der Waals surface area contributed by atoms with Gasteiger partial charge in [-0.25, -0.2) is 4.79 Å². The zero-order valence-corrected chi connectivity index (χ0v) is 32.8. The average molecular weight is 829 g/mol. The number of rotatable bonds is 27. The third-order valence-corrected chi connectivity index (χ3v) is 9.07. The smallest absolute Gasteiger partial charge is 0.328 e. The molecular weight excluding hydrogens is 768 g/mol. The Morgan fingerprint density at radius 3 is 1.91 bits per heavy atom. The van der Waals surface area contributed by atoms with E-state index in [0.717, 1.165) is 0 Å². The van der Waals surface area contributed by atoms with E-state index in [1.54, 1.807) is 13.8 Å². The van der Waals surface area contributed by atoms with Crippen LogP contribution in [-0.4, -0.2) is 148 Å². The topological polar surface area (TPSA) is 420 Å². The number of nitrogens with two attached hydrogens (primary N) is 5. The minimum atomic E-state index is -1.65. The Balaban J connectivity index is 3.36. The second-order valence-electron chi connectivity index (χ2n) is 14.1. The summed E-state index contributed by atoms with van der Waals surface area (Å²) in [5.41, 5.74) is 27.7. The molecule has 24 nitrogen and oxygen atoms in total. The average Bonchev–Trinajstić information content (AvgIpc) is 3.64. The molecule has 1 fully saturated rings. The van der Waals surface area contributed by atoms with Gasteiger partial charge in [0.1, 0.15) is 36.3 Å². The summed E-state index contributed by atoms with van der Waals surface area (Å²) in [4.78, 5) is 120. The van der Waals surface area contributed by atoms with Gasteiger partial charge in [0, 0.05) is 19.5 Å². The van der Waals surface area contributed by atoms with E-state index in [9.17, 15) is 53.4 Å². The molecule has 0 aromatic carbocycles. The molecule has 0 unspecified atom stereocenters. The molecule has 24 heteroatoms. The standard InChI is InChI=1S/C34H60N12O12/c1-17(2)26(45-27(51)18(36)10-11-25(49)50)31(55)43-21(15-24(37)48)29(53)41-19(7-3-4-12-35)28(52)42-20(8-5-13-40-34(38)39)32(56)46-14-6-9-23(46)30(54)44-22(16-47)33(57)58/h17-23,26,47H,3-16,35-36H2,1-2H3,(H2,37,48)(H,41,53)(H,42,52)(H,43,55)(H,44,54)(H,45,51)(H,49,50)(H,57,58)(H4,38,39,40)/t18-,19-,20-,21-,22-,23-,26-/m0/s1. The highest BCUT2D eigenvalue weighted by Gasteiger charge is 2.40. The van der Waals surface area contributed by atoms with Gasteiger partial charge in [0.2, 0.25) is 41.4 Å². The maximum Gasteiger partial charge on any atom is 0.328 e. The number of carboxylic acids is 2. The lowest BCUT2D eigenvalue weighted by Crippen LogP contribution is -2.60. The van der Waals surface area contributed by atoms with Crippen molar-refractivity contribution in [2.24, 2.45) is 39.6 Å². The third-order valence-electron chi connectivity index (χ3n) is 9.07. The number of guanidine groups is 1. The van der Waals surface area contributed by atoms with Gasteiger partial charge in [-0.05, 0) is 63.8 Å². The number of likely N-dealkylation sites (tertiary alicyclic amines) is 1. The molecule has 0 aliphatic carbocycles. The minimum absolute atomic E-state index is 0.0215. The molecule has 0 radical (unpaired) electrons. The van der Waals surface area contributed by atoms with E-state index in [-0.39, 0.29) is 57.7 Å². The first kappa shape index (κ1) is 50.4. The highest BCUT2D eigenvalue weighted by atomic mass is 16.4. The van der Waals surface area contributed by atoms with Gasteiger partial charge in [-0.1, -0.05) is 13.8 Å². The van der Waals surface area contributed by atoms with Gasteiger partial charge in [-0.2, -0.15) is 0 Å². The monoisotopic (exact) mass is 828 g/mol. The van der Waals surface area contributed by atoms with Crippen LogP contribution < -0.4 is 55.3 Å². The van der Waals surface area contributed by atoms with Crippen molar-refractivity contribution in [2.45, 2.75) is 120 Å². The number of carboxylic acid groups (broad SMARTS) is 2. The maximum absolute atomic E-state index is 14.0. The molecule has 1 rings (SSSR count). The molecule has 0 aromatic heterocycles. The van der Waals surface area contributed by atoms with Crippen LogP contribution in [0.4, 0.5) is 0 Å². The number of unbranched alkanes of at least 4 members (excludes halogenated alkanes) is 1. The van der Waals surface area contributed by atoms with Gasteiger partial charge >= 0.3 is 11.9 Å². The number of aliphatic hydroxyl groups is 1. The predicted molar refractivity (Wildman–Crippen MR) is 205 cm³/mol. The Morgan fingerprint density at radius 2 is 1.36 bits per heavy atom. The number of aliphatic imine (C=N–C) groups is 1. The summed E-state index contributed by atoms with van der Waals surface area (Å²) in [5.74, 6) is -9.63. The molecule has 0 aromatic rings. The number of nitrogens with zero attached hydrogens (tertiary/aromatic N) is 2. The Morgan fingerprint density at radius 1 is 0.759 bits per heavy atom. The lowest BCUT2D eigenvalue weighted by molar-refractivity contribution is -0.145. The molecule has 1 heterocycles. The van der Waals surface area contributed by atoms with E-state index in [0.29, 0.717) is 19.3 Å². The molecule has 7 amide bonds. The fourth-order valence-electron chi connectivity index (χ4n) is 5.90. The molecule has 7 atom stereocenters. The van der Waals surface area contributed by atoms with E-state index in [2.05, 4.69) is 31.6 Å². The zero-order valence-electron chi connectivity index (χ0n) is 32.8. The number of amides is 7. The molecule has 328 valence electrons. The molecule has 1 aliphatic rings. The van der Waals surface area contributed by atoms with Crippen molar-refractivity contribution < 1.29 is 58.5 Å². The van der Waals surface area contributed by atoms with E-state index in [4.69, 9.17) is 33.8 Å². The van der Waals surface area contributed by atoms with Gasteiger partial charge in [0.15, 0.2) is 5.96 Å². The summed E-state index contributed by atoms with van der Waals surface area (Å²) in [6, 6.07) is -9.64. The van der Waals surface area contributed by atoms with Gasteiger partial charge in [0.25, 0.3) is 0 Å². The maximum atomic E-state index is 14.0. The fourth-order valence-corrected chi connectivity index (χ4v) is 5.90. The number of carbonyl (C=O) groups excluding carboxylic acids is 7. The Bertz CT molecular complexity index is 1490. The highest BCUT2D eigenvalue weighted by molar-refractivity contribution is 5.98. The Kier molecular flexibility index (Phi) is 22.2. The van der Waals surface area contributed by atoms with Crippen molar-refractivity contribution in [3.05, 3.63) is 0 Å². The van der Waals surface area contributed by atoms with Crippen LogP contribution in [0.1, 0.15) is 78.1 Å².